The maximum atomic E-state index is 10.6. The van der Waals surface area contributed by atoms with Crippen molar-refractivity contribution in [3.63, 3.8) is 0 Å². The van der Waals surface area contributed by atoms with Crippen LogP contribution >= 0.6 is 69.6 Å². The predicted octanol–water partition coefficient (Wildman–Crippen LogP) is 2.45. The summed E-state index contributed by atoms with van der Waals surface area (Å²) in [7, 11) is 0. The maximum Gasteiger partial charge on any atom is 0.248 e. The van der Waals surface area contributed by atoms with Crippen molar-refractivity contribution in [1.29, 1.82) is 0 Å². The Morgan fingerprint density at radius 3 is 1.18 bits per heavy atom. The van der Waals surface area contributed by atoms with Crippen molar-refractivity contribution in [2.45, 2.75) is 7.59 Å². The molecular weight excluding hydrogens is 421 g/mol. The van der Waals surface area contributed by atoms with E-state index in [1.165, 1.54) is 0 Å². The van der Waals surface area contributed by atoms with Crippen LogP contribution in [0.2, 0.25) is 0 Å². The molecule has 22 heavy (non-hydrogen) atoms. The molecule has 0 saturated carbocycles. The van der Waals surface area contributed by atoms with Gasteiger partial charge in [0.05, 0.1) is 0 Å². The lowest BCUT2D eigenvalue weighted by Gasteiger charge is -2.40. The van der Waals surface area contributed by atoms with E-state index in [0.717, 1.165) is 0 Å². The SMILES string of the molecule is O=C/N=C(/N1CCN(/C(=N/C=O)C(Cl)(Cl)Cl)CC1)C(Cl)(Cl)Cl. The minimum absolute atomic E-state index is 0.00918. The molecule has 1 rings (SSSR count). The molecule has 1 fully saturated rings. The van der Waals surface area contributed by atoms with Gasteiger partial charge in [0.1, 0.15) is 0 Å². The molecule has 1 aliphatic heterocycles. The number of amidine groups is 2. The van der Waals surface area contributed by atoms with Gasteiger partial charge in [-0.2, -0.15) is 9.98 Å². The van der Waals surface area contributed by atoms with Crippen molar-refractivity contribution in [2.75, 3.05) is 26.2 Å². The molecule has 1 aliphatic rings. The number of amides is 2. The van der Waals surface area contributed by atoms with Gasteiger partial charge in [0, 0.05) is 26.2 Å². The third-order valence-electron chi connectivity index (χ3n) is 2.74. The Morgan fingerprint density at radius 2 is 1.00 bits per heavy atom. The summed E-state index contributed by atoms with van der Waals surface area (Å²) < 4.78 is -3.67. The second-order valence-electron chi connectivity index (χ2n) is 4.09. The third kappa shape index (κ3) is 5.58. The molecule has 0 atom stereocenters. The molecule has 0 aromatic carbocycles. The second kappa shape index (κ2) is 8.22. The minimum atomic E-state index is -1.84. The zero-order valence-corrected chi connectivity index (χ0v) is 15.4. The van der Waals surface area contributed by atoms with Gasteiger partial charge < -0.3 is 9.80 Å². The lowest BCUT2D eigenvalue weighted by molar-refractivity contribution is -0.107. The summed E-state index contributed by atoms with van der Waals surface area (Å²) in [5.74, 6) is 0.0184. The standard InChI is InChI=1S/C10H10Cl6N4O2/c11-9(12,13)7(17-5-21)19-1-2-20(4-3-19)8(18-6-22)10(14,15)16/h5-6H,1-4H2/b17-7+,18-8+. The zero-order valence-electron chi connectivity index (χ0n) is 10.9. The maximum absolute atomic E-state index is 10.6. The van der Waals surface area contributed by atoms with Crippen molar-refractivity contribution < 1.29 is 9.59 Å². The number of halogens is 6. The third-order valence-corrected chi connectivity index (χ3v) is 3.75. The number of aliphatic imine (C=N–C) groups is 2. The van der Waals surface area contributed by atoms with Gasteiger partial charge in [-0.1, -0.05) is 69.6 Å². The predicted molar refractivity (Wildman–Crippen MR) is 90.7 cm³/mol. The Balaban J connectivity index is 2.86. The first-order chi connectivity index (χ1) is 10.1. The monoisotopic (exact) mass is 428 g/mol. The van der Waals surface area contributed by atoms with E-state index in [9.17, 15) is 9.59 Å². The van der Waals surface area contributed by atoms with E-state index in [1.54, 1.807) is 9.80 Å². The Morgan fingerprint density at radius 1 is 0.727 bits per heavy atom. The molecule has 0 N–H and O–H groups in total. The fourth-order valence-corrected chi connectivity index (χ4v) is 2.91. The van der Waals surface area contributed by atoms with Gasteiger partial charge in [-0.25, -0.2) is 0 Å². The topological polar surface area (TPSA) is 65.3 Å². The highest BCUT2D eigenvalue weighted by Gasteiger charge is 2.38. The first-order valence-corrected chi connectivity index (χ1v) is 8.05. The number of piperazine rings is 1. The van der Waals surface area contributed by atoms with Crippen LogP contribution in [0.5, 0.6) is 0 Å². The van der Waals surface area contributed by atoms with Gasteiger partial charge in [-0.3, -0.25) is 9.59 Å². The number of carbonyl (C=O) groups is 2. The fourth-order valence-electron chi connectivity index (χ4n) is 1.90. The summed E-state index contributed by atoms with van der Waals surface area (Å²) >= 11 is 34.7. The molecule has 0 radical (unpaired) electrons. The molecule has 0 unspecified atom stereocenters. The van der Waals surface area contributed by atoms with E-state index in [-0.39, 0.29) is 11.7 Å². The largest absolute Gasteiger partial charge is 0.353 e. The summed E-state index contributed by atoms with van der Waals surface area (Å²) in [5.41, 5.74) is 0. The van der Waals surface area contributed by atoms with Gasteiger partial charge in [0.15, 0.2) is 11.7 Å². The van der Waals surface area contributed by atoms with Gasteiger partial charge in [-0.15, -0.1) is 0 Å². The van der Waals surface area contributed by atoms with Crippen LogP contribution < -0.4 is 0 Å². The van der Waals surface area contributed by atoms with Gasteiger partial charge in [0.2, 0.25) is 20.4 Å². The number of nitrogens with zero attached hydrogens (tertiary/aromatic N) is 4. The smallest absolute Gasteiger partial charge is 0.248 e. The number of rotatable bonds is 2. The van der Waals surface area contributed by atoms with E-state index in [4.69, 9.17) is 69.6 Å². The van der Waals surface area contributed by atoms with Gasteiger partial charge in [0.25, 0.3) is 0 Å². The summed E-state index contributed by atoms with van der Waals surface area (Å²) in [6.45, 7) is 1.33. The van der Waals surface area contributed by atoms with E-state index in [0.29, 0.717) is 39.0 Å². The van der Waals surface area contributed by atoms with Crippen molar-refractivity contribution in [1.82, 2.24) is 9.80 Å². The molecule has 2 amide bonds. The average Bonchev–Trinajstić information content (AvgIpc) is 2.40. The summed E-state index contributed by atoms with van der Waals surface area (Å²) in [6.07, 6.45) is 0.592. The lowest BCUT2D eigenvalue weighted by atomic mass is 10.3. The Kier molecular flexibility index (Phi) is 7.49. The zero-order chi connectivity index (χ0) is 17.0. The van der Waals surface area contributed by atoms with Crippen LogP contribution in [0.25, 0.3) is 0 Å². The summed E-state index contributed by atoms with van der Waals surface area (Å²) in [6, 6.07) is 0. The molecule has 1 heterocycles. The van der Waals surface area contributed by atoms with Crippen LogP contribution in [0, 0.1) is 0 Å². The van der Waals surface area contributed by atoms with Crippen LogP contribution in [-0.2, 0) is 9.59 Å². The van der Waals surface area contributed by atoms with Crippen molar-refractivity contribution in [3.05, 3.63) is 0 Å². The number of alkyl halides is 6. The number of hydrogen-bond donors (Lipinski definition) is 0. The molecule has 0 bridgehead atoms. The van der Waals surface area contributed by atoms with Crippen LogP contribution in [0.4, 0.5) is 0 Å². The fraction of sp³-hybridized carbons (Fsp3) is 0.600. The molecular formula is C10H10Cl6N4O2. The quantitative estimate of drug-likeness (QED) is 0.292. The highest BCUT2D eigenvalue weighted by atomic mass is 35.6. The molecule has 124 valence electrons. The van der Waals surface area contributed by atoms with Crippen LogP contribution in [0.1, 0.15) is 0 Å². The van der Waals surface area contributed by atoms with Crippen molar-refractivity contribution >= 4 is 94.1 Å². The Bertz CT molecular complexity index is 433. The van der Waals surface area contributed by atoms with Gasteiger partial charge >= 0.3 is 0 Å². The average molecular weight is 431 g/mol. The number of hydrogen-bond acceptors (Lipinski definition) is 2. The van der Waals surface area contributed by atoms with E-state index >= 15 is 0 Å². The molecule has 0 aromatic rings. The van der Waals surface area contributed by atoms with Gasteiger partial charge in [-0.05, 0) is 0 Å². The van der Waals surface area contributed by atoms with E-state index in [2.05, 4.69) is 9.98 Å². The van der Waals surface area contributed by atoms with E-state index in [1.807, 2.05) is 0 Å². The minimum Gasteiger partial charge on any atom is -0.353 e. The highest BCUT2D eigenvalue weighted by Crippen LogP contribution is 2.32. The molecule has 6 nitrogen and oxygen atoms in total. The molecule has 0 aromatic heterocycles. The first kappa shape index (κ1) is 20.1. The summed E-state index contributed by atoms with van der Waals surface area (Å²) in [5, 5.41) is 0. The van der Waals surface area contributed by atoms with Crippen LogP contribution in [0.15, 0.2) is 9.98 Å². The molecule has 0 spiro atoms. The van der Waals surface area contributed by atoms with Crippen molar-refractivity contribution in [2.24, 2.45) is 9.98 Å². The molecule has 0 aliphatic carbocycles. The molecule has 12 heteroatoms. The Hall–Kier alpha value is 0.0200. The Labute approximate surface area is 156 Å². The van der Waals surface area contributed by atoms with Crippen LogP contribution in [-0.4, -0.2) is 68.1 Å². The second-order valence-corrected chi connectivity index (χ2v) is 8.65. The first-order valence-electron chi connectivity index (χ1n) is 5.78. The summed E-state index contributed by atoms with van der Waals surface area (Å²) in [4.78, 5) is 31.5. The normalized spacial score (nSPS) is 18.5. The molecule has 1 saturated heterocycles. The number of carbonyl (C=O) groups excluding carboxylic acids is 2. The highest BCUT2D eigenvalue weighted by molar-refractivity contribution is 6.77. The van der Waals surface area contributed by atoms with E-state index < -0.39 is 7.59 Å². The lowest BCUT2D eigenvalue weighted by Crippen LogP contribution is -2.55. The van der Waals surface area contributed by atoms with Crippen molar-refractivity contribution in [3.8, 4) is 0 Å². The van der Waals surface area contributed by atoms with Crippen LogP contribution in [0.3, 0.4) is 0 Å².